The highest BCUT2D eigenvalue weighted by molar-refractivity contribution is 5.72. The molecule has 0 aliphatic heterocycles. The van der Waals surface area contributed by atoms with Crippen LogP contribution >= 0.6 is 0 Å². The van der Waals surface area contributed by atoms with E-state index in [2.05, 4.69) is 30.9 Å². The fourth-order valence-electron chi connectivity index (χ4n) is 5.55. The predicted molar refractivity (Wildman–Crippen MR) is 183 cm³/mol. The third kappa shape index (κ3) is 24.4. The molecule has 0 fully saturated rings. The molecular formula is C38H67NO5. The van der Waals surface area contributed by atoms with Gasteiger partial charge in [0.1, 0.15) is 5.75 Å². The number of hydrogen-bond donors (Lipinski definition) is 1. The molecular weight excluding hydrogens is 550 g/mol. The first-order valence-corrected chi connectivity index (χ1v) is 18.4. The number of carbonyl (C=O) groups is 2. The number of aliphatic hydroxyl groups is 1. The molecule has 44 heavy (non-hydrogen) atoms. The second-order valence-corrected chi connectivity index (χ2v) is 12.5. The number of unbranched alkanes of at least 4 members (excludes halogenated alkanes) is 16. The molecule has 0 bridgehead atoms. The van der Waals surface area contributed by atoms with E-state index in [1.807, 2.05) is 12.1 Å². The lowest BCUT2D eigenvalue weighted by atomic mass is 10.1. The van der Waals surface area contributed by atoms with E-state index in [-0.39, 0.29) is 18.5 Å². The Balaban J connectivity index is 1.97. The number of ether oxygens (including phenoxy) is 2. The maximum absolute atomic E-state index is 12.2. The summed E-state index contributed by atoms with van der Waals surface area (Å²) in [5.41, 5.74) is 1.30. The van der Waals surface area contributed by atoms with E-state index >= 15 is 0 Å². The van der Waals surface area contributed by atoms with E-state index in [1.54, 1.807) is 0 Å². The monoisotopic (exact) mass is 618 g/mol. The van der Waals surface area contributed by atoms with Gasteiger partial charge in [-0.2, -0.15) is 0 Å². The Morgan fingerprint density at radius 2 is 1.09 bits per heavy atom. The van der Waals surface area contributed by atoms with E-state index in [0.29, 0.717) is 25.2 Å². The second-order valence-electron chi connectivity index (χ2n) is 12.5. The highest BCUT2D eigenvalue weighted by atomic mass is 16.5. The largest absolute Gasteiger partial charge is 0.466 e. The van der Waals surface area contributed by atoms with Crippen LogP contribution in [-0.2, 0) is 20.7 Å². The van der Waals surface area contributed by atoms with Gasteiger partial charge in [-0.05, 0) is 75.7 Å². The quantitative estimate of drug-likeness (QED) is 0.0508. The van der Waals surface area contributed by atoms with Crippen LogP contribution in [0, 0.1) is 0 Å². The van der Waals surface area contributed by atoms with Gasteiger partial charge in [-0.1, -0.05) is 116 Å². The van der Waals surface area contributed by atoms with Crippen LogP contribution in [0.3, 0.4) is 0 Å². The van der Waals surface area contributed by atoms with Crippen molar-refractivity contribution in [1.82, 2.24) is 4.90 Å². The van der Waals surface area contributed by atoms with Gasteiger partial charge in [-0.3, -0.25) is 9.59 Å². The van der Waals surface area contributed by atoms with Crippen LogP contribution in [0.2, 0.25) is 0 Å². The van der Waals surface area contributed by atoms with Gasteiger partial charge < -0.3 is 19.5 Å². The number of hydrogen-bond acceptors (Lipinski definition) is 6. The zero-order valence-electron chi connectivity index (χ0n) is 28.6. The van der Waals surface area contributed by atoms with Gasteiger partial charge in [-0.25, -0.2) is 0 Å². The predicted octanol–water partition coefficient (Wildman–Crippen LogP) is 9.59. The second kappa shape index (κ2) is 29.8. The molecule has 6 nitrogen and oxygen atoms in total. The lowest BCUT2D eigenvalue weighted by Crippen LogP contribution is -2.29. The SMILES string of the molecule is CCCCCCCCCOC(=O)CCCCCCCN(CCO)CCCCCCCC(=O)Oc1ccc(CCCCC)cc1. The van der Waals surface area contributed by atoms with Crippen molar-refractivity contribution in [2.24, 2.45) is 0 Å². The molecule has 1 aromatic rings. The minimum atomic E-state index is -0.142. The van der Waals surface area contributed by atoms with Gasteiger partial charge in [0.2, 0.25) is 0 Å². The van der Waals surface area contributed by atoms with Gasteiger partial charge in [0.25, 0.3) is 0 Å². The number of aryl methyl sites for hydroxylation is 1. The standard InChI is InChI=1S/C38H67NO5/c1-3-5-7-8-9-16-22-34-43-37(41)24-18-12-10-14-20-30-39(32-33-40)31-21-15-11-13-19-25-38(42)44-36-28-26-35(27-29-36)23-17-6-4-2/h26-29,40H,3-25,30-34H2,1-2H3. The third-order valence-corrected chi connectivity index (χ3v) is 8.36. The Hall–Kier alpha value is -1.92. The van der Waals surface area contributed by atoms with Crippen molar-refractivity contribution >= 4 is 11.9 Å². The summed E-state index contributed by atoms with van der Waals surface area (Å²) in [7, 11) is 0. The molecule has 0 atom stereocenters. The van der Waals surface area contributed by atoms with Crippen molar-refractivity contribution in [3.63, 3.8) is 0 Å². The van der Waals surface area contributed by atoms with Crippen molar-refractivity contribution in [2.75, 3.05) is 32.8 Å². The van der Waals surface area contributed by atoms with Gasteiger partial charge in [0.15, 0.2) is 0 Å². The normalized spacial score (nSPS) is 11.3. The molecule has 0 saturated heterocycles. The summed E-state index contributed by atoms with van der Waals surface area (Å²) < 4.78 is 10.9. The summed E-state index contributed by atoms with van der Waals surface area (Å²) in [6.07, 6.45) is 25.1. The number of rotatable bonds is 31. The molecule has 6 heteroatoms. The summed E-state index contributed by atoms with van der Waals surface area (Å²) in [5, 5.41) is 9.45. The van der Waals surface area contributed by atoms with Crippen molar-refractivity contribution < 1.29 is 24.2 Å². The molecule has 0 radical (unpaired) electrons. The smallest absolute Gasteiger partial charge is 0.311 e. The minimum Gasteiger partial charge on any atom is -0.466 e. The molecule has 0 saturated carbocycles. The number of carbonyl (C=O) groups excluding carboxylic acids is 2. The van der Waals surface area contributed by atoms with Crippen molar-refractivity contribution in [3.8, 4) is 5.75 Å². The molecule has 1 N–H and O–H groups in total. The first-order valence-electron chi connectivity index (χ1n) is 18.4. The number of nitrogens with zero attached hydrogens (tertiary/aromatic N) is 1. The van der Waals surface area contributed by atoms with Crippen LogP contribution in [0.5, 0.6) is 5.75 Å². The number of benzene rings is 1. The summed E-state index contributed by atoms with van der Waals surface area (Å²) in [6.45, 7) is 7.99. The molecule has 0 aliphatic carbocycles. The highest BCUT2D eigenvalue weighted by Crippen LogP contribution is 2.16. The van der Waals surface area contributed by atoms with Crippen LogP contribution in [0.15, 0.2) is 24.3 Å². The Morgan fingerprint density at radius 1 is 0.591 bits per heavy atom. The van der Waals surface area contributed by atoms with Crippen molar-refractivity contribution in [2.45, 2.75) is 162 Å². The van der Waals surface area contributed by atoms with E-state index in [0.717, 1.165) is 103 Å². The summed E-state index contributed by atoms with van der Waals surface area (Å²) in [5.74, 6) is 0.465. The Bertz CT molecular complexity index is 797. The molecule has 1 rings (SSSR count). The molecule has 0 aliphatic rings. The summed E-state index contributed by atoms with van der Waals surface area (Å²) >= 11 is 0. The minimum absolute atomic E-state index is 0.0383. The highest BCUT2D eigenvalue weighted by Gasteiger charge is 2.07. The van der Waals surface area contributed by atoms with Gasteiger partial charge in [0.05, 0.1) is 13.2 Å². The topological polar surface area (TPSA) is 76.1 Å². The molecule has 0 aromatic heterocycles. The molecule has 1 aromatic carbocycles. The van der Waals surface area contributed by atoms with E-state index < -0.39 is 0 Å². The average molecular weight is 618 g/mol. The number of aliphatic hydroxyl groups excluding tert-OH is 1. The van der Waals surface area contributed by atoms with Crippen molar-refractivity contribution in [1.29, 1.82) is 0 Å². The lowest BCUT2D eigenvalue weighted by molar-refractivity contribution is -0.144. The molecule has 0 unspecified atom stereocenters. The van der Waals surface area contributed by atoms with Gasteiger partial charge >= 0.3 is 11.9 Å². The van der Waals surface area contributed by atoms with Gasteiger partial charge in [-0.15, -0.1) is 0 Å². The van der Waals surface area contributed by atoms with Crippen LogP contribution in [0.1, 0.15) is 161 Å². The maximum atomic E-state index is 12.2. The third-order valence-electron chi connectivity index (χ3n) is 8.36. The van der Waals surface area contributed by atoms with E-state index in [1.165, 1.54) is 56.9 Å². The van der Waals surface area contributed by atoms with Crippen LogP contribution in [-0.4, -0.2) is 54.8 Å². The maximum Gasteiger partial charge on any atom is 0.311 e. The van der Waals surface area contributed by atoms with Crippen LogP contribution in [0.25, 0.3) is 0 Å². The first kappa shape index (κ1) is 40.1. The number of esters is 2. The summed E-state index contributed by atoms with van der Waals surface area (Å²) in [4.78, 5) is 26.5. The van der Waals surface area contributed by atoms with Crippen molar-refractivity contribution in [3.05, 3.63) is 29.8 Å². The zero-order valence-corrected chi connectivity index (χ0v) is 28.6. The molecule has 254 valence electrons. The van der Waals surface area contributed by atoms with Gasteiger partial charge in [0, 0.05) is 19.4 Å². The Labute approximate surface area is 270 Å². The average Bonchev–Trinajstić information content (AvgIpc) is 3.02. The first-order chi connectivity index (χ1) is 21.6. The zero-order chi connectivity index (χ0) is 31.9. The van der Waals surface area contributed by atoms with E-state index in [9.17, 15) is 14.7 Å². The summed E-state index contributed by atoms with van der Waals surface area (Å²) in [6, 6.07) is 7.96. The fourth-order valence-corrected chi connectivity index (χ4v) is 5.55. The molecule has 0 amide bonds. The fraction of sp³-hybridized carbons (Fsp3) is 0.789. The van der Waals surface area contributed by atoms with Crippen LogP contribution in [0.4, 0.5) is 0 Å². The molecule has 0 heterocycles. The Morgan fingerprint density at radius 3 is 1.68 bits per heavy atom. The lowest BCUT2D eigenvalue weighted by Gasteiger charge is -2.21. The van der Waals surface area contributed by atoms with E-state index in [4.69, 9.17) is 9.47 Å². The van der Waals surface area contributed by atoms with Crippen LogP contribution < -0.4 is 4.74 Å². The Kier molecular flexibility index (Phi) is 27.1. The molecule has 0 spiro atoms.